The lowest BCUT2D eigenvalue weighted by Crippen LogP contribution is -2.49. The molecule has 1 aromatic heterocycles. The van der Waals surface area contributed by atoms with Crippen LogP contribution >= 0.6 is 23.2 Å². The lowest BCUT2D eigenvalue weighted by molar-refractivity contribution is -0.149. The van der Waals surface area contributed by atoms with E-state index in [0.717, 1.165) is 4.90 Å². The Balaban J connectivity index is 2.19. The van der Waals surface area contributed by atoms with Crippen molar-refractivity contribution in [2.75, 3.05) is 11.5 Å². The quantitative estimate of drug-likeness (QED) is 0.438. The van der Waals surface area contributed by atoms with Crippen molar-refractivity contribution in [3.63, 3.8) is 0 Å². The van der Waals surface area contributed by atoms with Crippen LogP contribution in [0.2, 0.25) is 10.3 Å². The molecule has 0 spiro atoms. The van der Waals surface area contributed by atoms with Gasteiger partial charge >= 0.3 is 5.97 Å². The summed E-state index contributed by atoms with van der Waals surface area (Å²) in [5, 5.41) is -0.965. The van der Waals surface area contributed by atoms with Gasteiger partial charge in [0.05, 0.1) is 24.4 Å². The topological polar surface area (TPSA) is 76.6 Å². The van der Waals surface area contributed by atoms with Crippen molar-refractivity contribution in [2.24, 2.45) is 5.92 Å². The number of hydrogen-bond acceptors (Lipinski definition) is 5. The van der Waals surface area contributed by atoms with Gasteiger partial charge in [0.15, 0.2) is 22.7 Å². The van der Waals surface area contributed by atoms with Gasteiger partial charge in [-0.3, -0.25) is 14.4 Å². The molecule has 0 saturated carbocycles. The average molecular weight is 411 g/mol. The van der Waals surface area contributed by atoms with E-state index in [2.05, 4.69) is 4.98 Å². The molecule has 1 aromatic carbocycles. The van der Waals surface area contributed by atoms with Gasteiger partial charge in [-0.1, -0.05) is 53.5 Å². The molecule has 6 nitrogen and oxygen atoms in total. The number of pyridine rings is 1. The lowest BCUT2D eigenvalue weighted by Gasteiger charge is -2.33. The number of carbonyl (C=O) groups excluding carboxylic acids is 3. The minimum absolute atomic E-state index is 0.0254. The number of halogens is 3. The van der Waals surface area contributed by atoms with E-state index in [0.29, 0.717) is 5.56 Å². The predicted molar refractivity (Wildman–Crippen MR) is 96.3 cm³/mol. The fraction of sp³-hybridized carbons (Fsp3) is 0.222. The molecular weight excluding hydrogens is 398 g/mol. The predicted octanol–water partition coefficient (Wildman–Crippen LogP) is 3.44. The Morgan fingerprint density at radius 2 is 1.89 bits per heavy atom. The molecular formula is C18H13Cl2FN2O4. The number of ether oxygens (including phenoxy) is 1. The van der Waals surface area contributed by atoms with Gasteiger partial charge in [-0.15, -0.1) is 0 Å². The molecule has 2 aromatic rings. The van der Waals surface area contributed by atoms with Gasteiger partial charge < -0.3 is 9.64 Å². The highest BCUT2D eigenvalue weighted by molar-refractivity contribution is 6.40. The second kappa shape index (κ2) is 7.62. The molecule has 1 unspecified atom stereocenters. The summed E-state index contributed by atoms with van der Waals surface area (Å²) < 4.78 is 19.6. The molecule has 1 aliphatic heterocycles. The average Bonchev–Trinajstić information content (AvgIpc) is 2.63. The molecule has 140 valence electrons. The number of carbonyl (C=O) groups is 3. The van der Waals surface area contributed by atoms with Crippen LogP contribution in [-0.4, -0.2) is 29.3 Å². The number of hydrogen-bond donors (Lipinski definition) is 0. The zero-order valence-corrected chi connectivity index (χ0v) is 15.6. The van der Waals surface area contributed by atoms with E-state index < -0.39 is 34.5 Å². The molecule has 0 saturated heterocycles. The zero-order chi connectivity index (χ0) is 19.7. The monoisotopic (exact) mass is 410 g/mol. The van der Waals surface area contributed by atoms with E-state index >= 15 is 0 Å². The highest BCUT2D eigenvalue weighted by Crippen LogP contribution is 2.40. The number of fused-ring (bicyclic) bond motifs is 1. The maximum atomic E-state index is 14.7. The molecule has 0 fully saturated rings. The first kappa shape index (κ1) is 19.3. The third kappa shape index (κ3) is 3.40. The summed E-state index contributed by atoms with van der Waals surface area (Å²) in [7, 11) is 0. The van der Waals surface area contributed by atoms with Crippen LogP contribution in [0.15, 0.2) is 30.3 Å². The maximum Gasteiger partial charge on any atom is 0.326 e. The molecule has 0 radical (unpaired) electrons. The summed E-state index contributed by atoms with van der Waals surface area (Å²) in [5.74, 6) is -5.74. The number of benzene rings is 1. The van der Waals surface area contributed by atoms with Crippen molar-refractivity contribution >= 4 is 46.5 Å². The number of ketones is 1. The Morgan fingerprint density at radius 3 is 2.52 bits per heavy atom. The molecule has 3 rings (SSSR count). The van der Waals surface area contributed by atoms with E-state index in [-0.39, 0.29) is 29.6 Å². The normalized spacial score (nSPS) is 16.3. The summed E-state index contributed by atoms with van der Waals surface area (Å²) in [6.45, 7) is 1.42. The van der Waals surface area contributed by atoms with Gasteiger partial charge in [-0.05, 0) is 12.5 Å². The molecule has 1 aliphatic rings. The van der Waals surface area contributed by atoms with Crippen LogP contribution < -0.4 is 4.90 Å². The van der Waals surface area contributed by atoms with Crippen LogP contribution in [0, 0.1) is 11.7 Å². The van der Waals surface area contributed by atoms with Gasteiger partial charge in [0.2, 0.25) is 5.91 Å². The third-order valence-electron chi connectivity index (χ3n) is 4.03. The van der Waals surface area contributed by atoms with Gasteiger partial charge in [0.25, 0.3) is 0 Å². The van der Waals surface area contributed by atoms with E-state index in [1.165, 1.54) is 0 Å². The van der Waals surface area contributed by atoms with Crippen LogP contribution in [0.5, 0.6) is 0 Å². The Hall–Kier alpha value is -2.51. The van der Waals surface area contributed by atoms with Gasteiger partial charge in [-0.2, -0.15) is 0 Å². The molecule has 1 amide bonds. The Bertz CT molecular complexity index is 937. The number of rotatable bonds is 4. The first-order valence-corrected chi connectivity index (χ1v) is 8.73. The van der Waals surface area contributed by atoms with Crippen LogP contribution in [0.4, 0.5) is 10.1 Å². The lowest BCUT2D eigenvalue weighted by atomic mass is 9.90. The first-order chi connectivity index (χ1) is 12.9. The van der Waals surface area contributed by atoms with Crippen LogP contribution in [0.3, 0.4) is 0 Å². The molecule has 2 heterocycles. The van der Waals surface area contributed by atoms with E-state index in [4.69, 9.17) is 27.9 Å². The van der Waals surface area contributed by atoms with Crippen molar-refractivity contribution in [1.29, 1.82) is 0 Å². The van der Waals surface area contributed by atoms with Crippen molar-refractivity contribution < 1.29 is 23.5 Å². The molecule has 0 bridgehead atoms. The number of esters is 1. The summed E-state index contributed by atoms with van der Waals surface area (Å²) in [6.07, 6.45) is 0. The molecule has 9 heteroatoms. The zero-order valence-electron chi connectivity index (χ0n) is 14.0. The number of Topliss-reactive ketones (excluding diaryl/α,β-unsaturated/α-hetero) is 1. The molecule has 0 N–H and O–H groups in total. The maximum absolute atomic E-state index is 14.7. The van der Waals surface area contributed by atoms with E-state index in [1.54, 1.807) is 37.3 Å². The van der Waals surface area contributed by atoms with Crippen LogP contribution in [0.1, 0.15) is 22.8 Å². The van der Waals surface area contributed by atoms with Gasteiger partial charge in [0.1, 0.15) is 5.15 Å². The summed E-state index contributed by atoms with van der Waals surface area (Å²) in [6, 6.07) is 8.68. The number of amides is 1. The fourth-order valence-corrected chi connectivity index (χ4v) is 3.33. The Kier molecular flexibility index (Phi) is 5.43. The first-order valence-electron chi connectivity index (χ1n) is 7.97. The second-order valence-corrected chi connectivity index (χ2v) is 6.41. The van der Waals surface area contributed by atoms with Gasteiger partial charge in [0, 0.05) is 0 Å². The number of aromatic nitrogens is 1. The van der Waals surface area contributed by atoms with Crippen molar-refractivity contribution in [3.05, 3.63) is 57.6 Å². The standard InChI is InChI=1S/C18H13Cl2FN2O4/c1-2-27-18(26)11-14(24)10-13(12(21)16(20)22-15(10)19)23(17(11)25)8-9-6-4-3-5-7-9/h3-7,11H,2,8H2,1H3. The SMILES string of the molecule is CCOC(=O)C1C(=O)c2c(Cl)nc(Cl)c(F)c2N(Cc2ccccc2)C1=O. The highest BCUT2D eigenvalue weighted by Gasteiger charge is 2.48. The summed E-state index contributed by atoms with van der Waals surface area (Å²) in [4.78, 5) is 42.4. The minimum Gasteiger partial charge on any atom is -0.465 e. The largest absolute Gasteiger partial charge is 0.465 e. The smallest absolute Gasteiger partial charge is 0.326 e. The van der Waals surface area contributed by atoms with Gasteiger partial charge in [-0.25, -0.2) is 9.37 Å². The van der Waals surface area contributed by atoms with E-state index in [9.17, 15) is 18.8 Å². The number of anilines is 1. The van der Waals surface area contributed by atoms with Crippen molar-refractivity contribution in [2.45, 2.75) is 13.5 Å². The Labute approximate surface area is 163 Å². The van der Waals surface area contributed by atoms with Crippen molar-refractivity contribution in [1.82, 2.24) is 4.98 Å². The molecule has 0 aliphatic carbocycles. The Morgan fingerprint density at radius 1 is 1.22 bits per heavy atom. The highest BCUT2D eigenvalue weighted by atomic mass is 35.5. The molecule has 1 atom stereocenters. The minimum atomic E-state index is -1.78. The third-order valence-corrected chi connectivity index (χ3v) is 4.55. The number of nitrogens with zero attached hydrogens (tertiary/aromatic N) is 2. The van der Waals surface area contributed by atoms with Crippen molar-refractivity contribution in [3.8, 4) is 0 Å². The van der Waals surface area contributed by atoms with Crippen LogP contribution in [-0.2, 0) is 20.9 Å². The van der Waals surface area contributed by atoms with E-state index in [1.807, 2.05) is 0 Å². The summed E-state index contributed by atoms with van der Waals surface area (Å²) >= 11 is 11.8. The molecule has 27 heavy (non-hydrogen) atoms. The fourth-order valence-electron chi connectivity index (χ4n) is 2.85. The summed E-state index contributed by atoms with van der Waals surface area (Å²) in [5.41, 5.74) is -0.108. The van der Waals surface area contributed by atoms with Crippen LogP contribution in [0.25, 0.3) is 0 Å². The second-order valence-electron chi connectivity index (χ2n) is 5.69.